The normalized spacial score (nSPS) is 12.8. The van der Waals surface area contributed by atoms with Crippen LogP contribution in [0.2, 0.25) is 5.28 Å². The minimum Gasteiger partial charge on any atom is -0.395 e. The lowest BCUT2D eigenvalue weighted by atomic mass is 10.1. The number of carbonyl (C=O) groups excluding carboxylic acids is 2. The fraction of sp³-hybridized carbons (Fsp3) is 0.250. The number of anilines is 3. The molecule has 10 nitrogen and oxygen atoms in total. The maximum absolute atomic E-state index is 12.5. The Morgan fingerprint density at radius 1 is 1.19 bits per heavy atom. The highest BCUT2D eigenvalue weighted by molar-refractivity contribution is 7.15. The number of amides is 3. The van der Waals surface area contributed by atoms with Crippen molar-refractivity contribution in [3.05, 3.63) is 57.9 Å². The summed E-state index contributed by atoms with van der Waals surface area (Å²) in [7, 11) is 0. The number of benzene rings is 1. The van der Waals surface area contributed by atoms with Crippen LogP contribution in [-0.4, -0.2) is 51.7 Å². The molecule has 3 aromatic rings. The van der Waals surface area contributed by atoms with Gasteiger partial charge in [0.2, 0.25) is 5.28 Å². The Labute approximate surface area is 192 Å². The van der Waals surface area contributed by atoms with Gasteiger partial charge in [-0.15, -0.1) is 0 Å². The van der Waals surface area contributed by atoms with Crippen LogP contribution in [0.3, 0.4) is 0 Å². The van der Waals surface area contributed by atoms with Gasteiger partial charge >= 0.3 is 6.03 Å². The van der Waals surface area contributed by atoms with Crippen molar-refractivity contribution in [2.75, 3.05) is 35.2 Å². The van der Waals surface area contributed by atoms with E-state index in [2.05, 4.69) is 35.8 Å². The maximum atomic E-state index is 12.5. The van der Waals surface area contributed by atoms with Crippen molar-refractivity contribution in [2.24, 2.45) is 0 Å². The van der Waals surface area contributed by atoms with Gasteiger partial charge in [-0.1, -0.05) is 23.5 Å². The summed E-state index contributed by atoms with van der Waals surface area (Å²) in [5.74, 6) is 0.358. The van der Waals surface area contributed by atoms with Crippen molar-refractivity contribution in [3.63, 3.8) is 0 Å². The summed E-state index contributed by atoms with van der Waals surface area (Å²) < 4.78 is 0. The molecule has 1 aliphatic rings. The summed E-state index contributed by atoms with van der Waals surface area (Å²) in [6.07, 6.45) is 2.33. The van der Waals surface area contributed by atoms with Gasteiger partial charge in [0.05, 0.1) is 30.1 Å². The van der Waals surface area contributed by atoms with Gasteiger partial charge in [-0.25, -0.2) is 19.7 Å². The van der Waals surface area contributed by atoms with E-state index < -0.39 is 6.03 Å². The minimum absolute atomic E-state index is 0.127. The standard InChI is InChI=1S/C20H20ClN7O3S/c21-18-23-7-5-16(26-18)28-9-6-14-15(11-28)32-20(25-14)27-19(31)24-13-4-2-1-3-12(13)17(30)22-8-10-29/h1-5,7,29H,6,8-11H2,(H,22,30)(H2,24,25,27,31). The summed E-state index contributed by atoms with van der Waals surface area (Å²) in [6.45, 7) is 1.30. The van der Waals surface area contributed by atoms with Gasteiger partial charge in [-0.3, -0.25) is 10.1 Å². The van der Waals surface area contributed by atoms with Gasteiger partial charge in [0.25, 0.3) is 5.91 Å². The lowest BCUT2D eigenvalue weighted by molar-refractivity contribution is 0.0945. The Kier molecular flexibility index (Phi) is 6.78. The second-order valence-electron chi connectivity index (χ2n) is 6.85. The molecule has 0 saturated carbocycles. The number of carbonyl (C=O) groups is 2. The third kappa shape index (κ3) is 5.13. The third-order valence-electron chi connectivity index (χ3n) is 4.70. The number of aliphatic hydroxyl groups excluding tert-OH is 1. The molecule has 1 aromatic carbocycles. The Balaban J connectivity index is 1.41. The summed E-state index contributed by atoms with van der Waals surface area (Å²) in [5, 5.41) is 17.6. The highest BCUT2D eigenvalue weighted by Gasteiger charge is 2.23. The average molecular weight is 474 g/mol. The van der Waals surface area contributed by atoms with Gasteiger partial charge in [0, 0.05) is 30.6 Å². The molecule has 0 aliphatic carbocycles. The lowest BCUT2D eigenvalue weighted by Crippen LogP contribution is -2.30. The number of thiazole rings is 1. The molecule has 0 atom stereocenters. The van der Waals surface area contributed by atoms with E-state index in [1.54, 1.807) is 36.5 Å². The van der Waals surface area contributed by atoms with E-state index in [1.165, 1.54) is 11.3 Å². The monoisotopic (exact) mass is 473 g/mol. The van der Waals surface area contributed by atoms with Crippen molar-refractivity contribution >= 4 is 51.5 Å². The molecule has 1 aliphatic heterocycles. The predicted octanol–water partition coefficient (Wildman–Crippen LogP) is 2.52. The molecule has 12 heteroatoms. The van der Waals surface area contributed by atoms with Crippen molar-refractivity contribution < 1.29 is 14.7 Å². The van der Waals surface area contributed by atoms with Crippen LogP contribution in [0.15, 0.2) is 36.5 Å². The van der Waals surface area contributed by atoms with Crippen LogP contribution in [0, 0.1) is 0 Å². The third-order valence-corrected chi connectivity index (χ3v) is 5.88. The number of para-hydroxylation sites is 1. The highest BCUT2D eigenvalue weighted by atomic mass is 35.5. The lowest BCUT2D eigenvalue weighted by Gasteiger charge is -2.26. The average Bonchev–Trinajstić information content (AvgIpc) is 3.19. The van der Waals surface area contributed by atoms with Crippen molar-refractivity contribution in [3.8, 4) is 0 Å². The molecule has 2 aromatic heterocycles. The quantitative estimate of drug-likeness (QED) is 0.404. The molecule has 166 valence electrons. The Morgan fingerprint density at radius 2 is 2.03 bits per heavy atom. The van der Waals surface area contributed by atoms with Gasteiger partial charge in [-0.05, 0) is 29.8 Å². The number of halogens is 1. The number of rotatable bonds is 6. The summed E-state index contributed by atoms with van der Waals surface area (Å²) in [6, 6.07) is 7.94. The fourth-order valence-corrected chi connectivity index (χ4v) is 4.41. The van der Waals surface area contributed by atoms with Crippen LogP contribution < -0.4 is 20.9 Å². The second kappa shape index (κ2) is 9.90. The smallest absolute Gasteiger partial charge is 0.325 e. The van der Waals surface area contributed by atoms with Crippen LogP contribution in [0.1, 0.15) is 20.9 Å². The van der Waals surface area contributed by atoms with Gasteiger partial charge < -0.3 is 20.6 Å². The number of hydrogen-bond donors (Lipinski definition) is 4. The van der Waals surface area contributed by atoms with E-state index in [0.717, 1.165) is 22.9 Å². The van der Waals surface area contributed by atoms with Crippen LogP contribution in [0.25, 0.3) is 0 Å². The number of aliphatic hydroxyl groups is 1. The molecule has 4 rings (SSSR count). The number of nitrogens with one attached hydrogen (secondary N) is 3. The Morgan fingerprint density at radius 3 is 2.84 bits per heavy atom. The number of aromatic nitrogens is 3. The van der Waals surface area contributed by atoms with Crippen LogP contribution >= 0.6 is 22.9 Å². The number of urea groups is 1. The van der Waals surface area contributed by atoms with Crippen LogP contribution in [0.4, 0.5) is 21.4 Å². The Hall–Kier alpha value is -3.28. The van der Waals surface area contributed by atoms with E-state index in [9.17, 15) is 9.59 Å². The van der Waals surface area contributed by atoms with Crippen molar-refractivity contribution in [1.82, 2.24) is 20.3 Å². The van der Waals surface area contributed by atoms with Crippen molar-refractivity contribution in [1.29, 1.82) is 0 Å². The van der Waals surface area contributed by atoms with E-state index in [4.69, 9.17) is 16.7 Å². The van der Waals surface area contributed by atoms with Crippen molar-refractivity contribution in [2.45, 2.75) is 13.0 Å². The number of nitrogens with zero attached hydrogens (tertiary/aromatic N) is 4. The fourth-order valence-electron chi connectivity index (χ4n) is 3.25. The number of hydrogen-bond acceptors (Lipinski definition) is 8. The first-order valence-electron chi connectivity index (χ1n) is 9.81. The molecule has 0 radical (unpaired) electrons. The van der Waals surface area contributed by atoms with E-state index in [0.29, 0.717) is 29.3 Å². The molecule has 0 unspecified atom stereocenters. The molecule has 0 fully saturated rings. The maximum Gasteiger partial charge on any atom is 0.325 e. The molecule has 32 heavy (non-hydrogen) atoms. The number of fused-ring (bicyclic) bond motifs is 1. The first kappa shape index (κ1) is 21.9. The molecule has 0 saturated heterocycles. The van der Waals surface area contributed by atoms with E-state index in [1.807, 2.05) is 0 Å². The topological polar surface area (TPSA) is 132 Å². The molecule has 0 bridgehead atoms. The van der Waals surface area contributed by atoms with E-state index in [-0.39, 0.29) is 24.3 Å². The first-order chi connectivity index (χ1) is 15.5. The summed E-state index contributed by atoms with van der Waals surface area (Å²) in [4.78, 5) is 40.6. The molecule has 3 amide bonds. The van der Waals surface area contributed by atoms with Gasteiger partial charge in [-0.2, -0.15) is 0 Å². The summed E-state index contributed by atoms with van der Waals surface area (Å²) >= 11 is 7.29. The van der Waals surface area contributed by atoms with Gasteiger partial charge in [0.1, 0.15) is 5.82 Å². The zero-order valence-electron chi connectivity index (χ0n) is 16.8. The van der Waals surface area contributed by atoms with E-state index >= 15 is 0 Å². The largest absolute Gasteiger partial charge is 0.395 e. The zero-order valence-corrected chi connectivity index (χ0v) is 18.4. The second-order valence-corrected chi connectivity index (χ2v) is 8.27. The first-order valence-corrected chi connectivity index (χ1v) is 11.0. The minimum atomic E-state index is -0.502. The Bertz CT molecular complexity index is 1140. The molecule has 4 N–H and O–H groups in total. The van der Waals surface area contributed by atoms with Gasteiger partial charge in [0.15, 0.2) is 5.13 Å². The molecular formula is C20H20ClN7O3S. The SMILES string of the molecule is O=C(Nc1nc2c(s1)CN(c1ccnc(Cl)n1)CC2)Nc1ccccc1C(=O)NCCO. The molecule has 0 spiro atoms. The highest BCUT2D eigenvalue weighted by Crippen LogP contribution is 2.30. The molecule has 3 heterocycles. The zero-order chi connectivity index (χ0) is 22.5. The van der Waals surface area contributed by atoms with Crippen LogP contribution in [0.5, 0.6) is 0 Å². The predicted molar refractivity (Wildman–Crippen MR) is 122 cm³/mol. The van der Waals surface area contributed by atoms with Crippen LogP contribution in [-0.2, 0) is 13.0 Å². The molecular weight excluding hydrogens is 454 g/mol. The summed E-state index contributed by atoms with van der Waals surface area (Å²) in [5.41, 5.74) is 1.59.